The molecular formula is C24H26N4O2S. The Morgan fingerprint density at radius 1 is 1.16 bits per heavy atom. The number of fused-ring (bicyclic) bond motifs is 1. The third-order valence-corrected chi connectivity index (χ3v) is 6.89. The van der Waals surface area contributed by atoms with Crippen molar-refractivity contribution >= 4 is 23.4 Å². The summed E-state index contributed by atoms with van der Waals surface area (Å²) in [5.74, 6) is 2.90. The van der Waals surface area contributed by atoms with E-state index < -0.39 is 0 Å². The van der Waals surface area contributed by atoms with Gasteiger partial charge in [-0.05, 0) is 18.9 Å². The van der Waals surface area contributed by atoms with Crippen LogP contribution in [0.3, 0.4) is 0 Å². The number of anilines is 1. The third-order valence-electron chi connectivity index (χ3n) is 5.64. The van der Waals surface area contributed by atoms with Gasteiger partial charge in [-0.2, -0.15) is 0 Å². The zero-order valence-electron chi connectivity index (χ0n) is 18.0. The van der Waals surface area contributed by atoms with Crippen molar-refractivity contribution in [2.45, 2.75) is 38.4 Å². The Kier molecular flexibility index (Phi) is 6.51. The lowest BCUT2D eigenvalue weighted by Gasteiger charge is -2.22. The largest absolute Gasteiger partial charge is 0.491 e. The standard InChI is InChI=1S/C24H26N4O2S/c1-15(20-8-10-25-21-9-11-30-24(20)21)17(3)31-14-28-23-12-22(26-13-27-23)19-6-4-18(5-7-19)16(2)29/h4-8,10,12-13,15,17H,9,11,14H2,1-3H3,(H,26,27,28)/t15?,17-/m0/s1. The van der Waals surface area contributed by atoms with Gasteiger partial charge in [0.25, 0.3) is 0 Å². The molecule has 1 unspecified atom stereocenters. The minimum atomic E-state index is 0.0558. The van der Waals surface area contributed by atoms with Gasteiger partial charge in [0.05, 0.1) is 23.9 Å². The van der Waals surface area contributed by atoms with Crippen LogP contribution in [0.2, 0.25) is 0 Å². The fraction of sp³-hybridized carbons (Fsp3) is 0.333. The summed E-state index contributed by atoms with van der Waals surface area (Å²) >= 11 is 1.84. The number of benzene rings is 1. The number of carbonyl (C=O) groups is 1. The quantitative estimate of drug-likeness (QED) is 0.396. The van der Waals surface area contributed by atoms with Crippen LogP contribution in [0, 0.1) is 0 Å². The molecule has 1 aromatic carbocycles. The molecule has 1 aliphatic heterocycles. The first-order chi connectivity index (χ1) is 15.0. The van der Waals surface area contributed by atoms with Crippen LogP contribution in [0.1, 0.15) is 48.3 Å². The summed E-state index contributed by atoms with van der Waals surface area (Å²) in [4.78, 5) is 24.6. The number of thioether (sulfide) groups is 1. The lowest BCUT2D eigenvalue weighted by molar-refractivity contribution is 0.101. The van der Waals surface area contributed by atoms with E-state index in [-0.39, 0.29) is 5.78 Å². The SMILES string of the molecule is CC(=O)c1ccc(-c2cc(NCS[C@@H](C)C(C)c3ccnc4c3OCC4)ncn2)cc1. The van der Waals surface area contributed by atoms with Gasteiger partial charge in [-0.25, -0.2) is 9.97 Å². The molecule has 0 radical (unpaired) electrons. The molecule has 0 amide bonds. The van der Waals surface area contributed by atoms with Crippen LogP contribution in [0.5, 0.6) is 5.75 Å². The number of nitrogens with one attached hydrogen (secondary N) is 1. The summed E-state index contributed by atoms with van der Waals surface area (Å²) in [6.07, 6.45) is 4.34. The highest BCUT2D eigenvalue weighted by Crippen LogP contribution is 2.37. The lowest BCUT2D eigenvalue weighted by Crippen LogP contribution is -2.13. The monoisotopic (exact) mass is 434 g/mol. The van der Waals surface area contributed by atoms with Gasteiger partial charge in [0, 0.05) is 40.6 Å². The van der Waals surface area contributed by atoms with Gasteiger partial charge in [0.15, 0.2) is 5.78 Å². The highest BCUT2D eigenvalue weighted by molar-refractivity contribution is 8.00. The van der Waals surface area contributed by atoms with E-state index in [1.54, 1.807) is 13.3 Å². The van der Waals surface area contributed by atoms with Crippen molar-refractivity contribution in [1.29, 1.82) is 0 Å². The number of hydrogen-bond donors (Lipinski definition) is 1. The first kappa shape index (κ1) is 21.3. The molecule has 2 atom stereocenters. The van der Waals surface area contributed by atoms with Crippen LogP contribution in [0.25, 0.3) is 11.3 Å². The van der Waals surface area contributed by atoms with E-state index in [0.717, 1.165) is 47.4 Å². The maximum atomic E-state index is 11.5. The summed E-state index contributed by atoms with van der Waals surface area (Å²) in [6, 6.07) is 11.5. The molecule has 31 heavy (non-hydrogen) atoms. The molecule has 7 heteroatoms. The second-order valence-electron chi connectivity index (χ2n) is 7.68. The number of ether oxygens (including phenoxy) is 1. The van der Waals surface area contributed by atoms with Crippen molar-refractivity contribution in [2.75, 3.05) is 17.8 Å². The lowest BCUT2D eigenvalue weighted by atomic mass is 9.97. The molecule has 0 bridgehead atoms. The van der Waals surface area contributed by atoms with Gasteiger partial charge < -0.3 is 10.1 Å². The Morgan fingerprint density at radius 3 is 2.74 bits per heavy atom. The van der Waals surface area contributed by atoms with Crippen molar-refractivity contribution in [2.24, 2.45) is 0 Å². The highest BCUT2D eigenvalue weighted by atomic mass is 32.2. The molecule has 0 aliphatic carbocycles. The molecule has 1 N–H and O–H groups in total. The fourth-order valence-corrected chi connectivity index (χ4v) is 4.52. The Hall–Kier alpha value is -2.93. The fourth-order valence-electron chi connectivity index (χ4n) is 3.59. The molecule has 0 spiro atoms. The Balaban J connectivity index is 1.36. The molecule has 2 aromatic heterocycles. The number of pyridine rings is 1. The molecule has 160 valence electrons. The molecule has 0 saturated carbocycles. The van der Waals surface area contributed by atoms with Crippen LogP contribution < -0.4 is 10.1 Å². The van der Waals surface area contributed by atoms with Crippen molar-refractivity contribution in [1.82, 2.24) is 15.0 Å². The summed E-state index contributed by atoms with van der Waals surface area (Å²) in [5, 5.41) is 3.78. The molecule has 4 rings (SSSR count). The average Bonchev–Trinajstić information content (AvgIpc) is 3.28. The van der Waals surface area contributed by atoms with Gasteiger partial charge in [-0.1, -0.05) is 38.1 Å². The average molecular weight is 435 g/mol. The molecule has 3 heterocycles. The Labute approximate surface area is 186 Å². The van der Waals surface area contributed by atoms with Crippen LogP contribution >= 0.6 is 11.8 Å². The Bertz CT molecular complexity index is 1070. The normalized spacial score (nSPS) is 14.4. The summed E-state index contributed by atoms with van der Waals surface area (Å²) in [7, 11) is 0. The van der Waals surface area contributed by atoms with E-state index in [1.807, 2.05) is 48.3 Å². The second-order valence-corrected chi connectivity index (χ2v) is 9.04. The molecule has 3 aromatic rings. The van der Waals surface area contributed by atoms with Crippen LogP contribution in [0.4, 0.5) is 5.82 Å². The van der Waals surface area contributed by atoms with Crippen LogP contribution in [-0.4, -0.2) is 38.5 Å². The van der Waals surface area contributed by atoms with Gasteiger partial charge in [0.2, 0.25) is 0 Å². The Morgan fingerprint density at radius 2 is 1.97 bits per heavy atom. The first-order valence-corrected chi connectivity index (χ1v) is 11.5. The third kappa shape index (κ3) is 4.88. The predicted molar refractivity (Wildman–Crippen MR) is 125 cm³/mol. The van der Waals surface area contributed by atoms with E-state index in [2.05, 4.69) is 40.2 Å². The topological polar surface area (TPSA) is 77.0 Å². The summed E-state index contributed by atoms with van der Waals surface area (Å²) < 4.78 is 5.83. The number of aromatic nitrogens is 3. The van der Waals surface area contributed by atoms with E-state index >= 15 is 0 Å². The smallest absolute Gasteiger partial charge is 0.159 e. The molecule has 6 nitrogen and oxygen atoms in total. The highest BCUT2D eigenvalue weighted by Gasteiger charge is 2.24. The van der Waals surface area contributed by atoms with Crippen molar-refractivity contribution in [3.63, 3.8) is 0 Å². The van der Waals surface area contributed by atoms with E-state index in [9.17, 15) is 4.79 Å². The van der Waals surface area contributed by atoms with Crippen molar-refractivity contribution in [3.8, 4) is 17.0 Å². The number of Topliss-reactive ketones (excluding diaryl/α,β-unsaturated/α-hetero) is 1. The molecule has 0 saturated heterocycles. The zero-order valence-corrected chi connectivity index (χ0v) is 18.8. The van der Waals surface area contributed by atoms with Crippen LogP contribution in [0.15, 0.2) is 48.9 Å². The minimum absolute atomic E-state index is 0.0558. The molecular weight excluding hydrogens is 408 g/mol. The van der Waals surface area contributed by atoms with E-state index in [1.165, 1.54) is 5.56 Å². The van der Waals surface area contributed by atoms with Gasteiger partial charge in [-0.3, -0.25) is 9.78 Å². The summed E-state index contributed by atoms with van der Waals surface area (Å²) in [6.45, 7) is 6.77. The van der Waals surface area contributed by atoms with E-state index in [4.69, 9.17) is 4.74 Å². The van der Waals surface area contributed by atoms with Gasteiger partial charge >= 0.3 is 0 Å². The van der Waals surface area contributed by atoms with Gasteiger partial charge in [0.1, 0.15) is 17.9 Å². The number of carbonyl (C=O) groups excluding carboxylic acids is 1. The van der Waals surface area contributed by atoms with Crippen molar-refractivity contribution < 1.29 is 9.53 Å². The van der Waals surface area contributed by atoms with Crippen LogP contribution in [-0.2, 0) is 6.42 Å². The van der Waals surface area contributed by atoms with Gasteiger partial charge in [-0.15, -0.1) is 11.8 Å². The summed E-state index contributed by atoms with van der Waals surface area (Å²) in [5.41, 5.74) is 4.78. The number of hydrogen-bond acceptors (Lipinski definition) is 7. The molecule has 1 aliphatic rings. The number of ketones is 1. The van der Waals surface area contributed by atoms with E-state index in [0.29, 0.717) is 16.7 Å². The minimum Gasteiger partial charge on any atom is -0.491 e. The predicted octanol–water partition coefficient (Wildman–Crippen LogP) is 4.97. The van der Waals surface area contributed by atoms with Crippen molar-refractivity contribution in [3.05, 3.63) is 65.7 Å². The number of rotatable bonds is 8. The first-order valence-electron chi connectivity index (χ1n) is 10.4. The maximum Gasteiger partial charge on any atom is 0.159 e. The molecule has 0 fully saturated rings. The maximum absolute atomic E-state index is 11.5. The second kappa shape index (κ2) is 9.47. The number of nitrogens with zero attached hydrogens (tertiary/aromatic N) is 3. The zero-order chi connectivity index (χ0) is 21.8.